The predicted molar refractivity (Wildman–Crippen MR) is 119 cm³/mol. The number of hydrogen-bond acceptors (Lipinski definition) is 3. The van der Waals surface area contributed by atoms with Crippen LogP contribution in [0.1, 0.15) is 5.56 Å². The summed E-state index contributed by atoms with van der Waals surface area (Å²) in [5.74, 6) is 0. The molecule has 0 saturated heterocycles. The molecule has 1 aliphatic heterocycles. The summed E-state index contributed by atoms with van der Waals surface area (Å²) < 4.78 is 0. The first-order valence-electron chi connectivity index (χ1n) is 9.22. The quantitative estimate of drug-likeness (QED) is 0.638. The highest BCUT2D eigenvalue weighted by atomic mass is 32.1. The van der Waals surface area contributed by atoms with Crippen LogP contribution in [0.3, 0.4) is 0 Å². The van der Waals surface area contributed by atoms with Crippen LogP contribution >= 0.6 is 12.2 Å². The minimum absolute atomic E-state index is 0.00122. The second-order valence-corrected chi connectivity index (χ2v) is 7.20. The molecule has 3 aromatic rings. The van der Waals surface area contributed by atoms with E-state index in [1.54, 1.807) is 0 Å². The number of fused-ring (bicyclic) bond motifs is 1. The normalized spacial score (nSPS) is 15.5. The smallest absolute Gasteiger partial charge is 0.154 e. The predicted octanol–water partition coefficient (Wildman–Crippen LogP) is 4.95. The Kier molecular flexibility index (Phi) is 5.07. The second kappa shape index (κ2) is 7.80. The molecule has 1 atom stereocenters. The molecular formula is C23H23N3S. The fourth-order valence-corrected chi connectivity index (χ4v) is 4.06. The zero-order valence-corrected chi connectivity index (χ0v) is 16.2. The molecule has 27 heavy (non-hydrogen) atoms. The van der Waals surface area contributed by atoms with E-state index < -0.39 is 0 Å². The molecule has 136 valence electrons. The zero-order valence-electron chi connectivity index (χ0n) is 15.4. The summed E-state index contributed by atoms with van der Waals surface area (Å²) in [4.78, 5) is 5.48. The van der Waals surface area contributed by atoms with E-state index in [4.69, 9.17) is 12.2 Å². The van der Waals surface area contributed by atoms with Crippen LogP contribution in [0.5, 0.6) is 0 Å². The van der Waals surface area contributed by atoms with Gasteiger partial charge in [0.05, 0.1) is 11.4 Å². The molecule has 0 aromatic heterocycles. The lowest BCUT2D eigenvalue weighted by Gasteiger charge is -2.32. The number of benzene rings is 3. The van der Waals surface area contributed by atoms with Gasteiger partial charge in [0.1, 0.15) is 4.99 Å². The Morgan fingerprint density at radius 3 is 2.15 bits per heavy atom. The highest BCUT2D eigenvalue weighted by molar-refractivity contribution is 7.80. The Labute approximate surface area is 166 Å². The molecule has 4 rings (SSSR count). The van der Waals surface area contributed by atoms with Crippen LogP contribution < -0.4 is 15.1 Å². The summed E-state index contributed by atoms with van der Waals surface area (Å²) in [6, 6.07) is 29.3. The Morgan fingerprint density at radius 2 is 1.44 bits per heavy atom. The molecule has 3 nitrogen and oxygen atoms in total. The molecule has 0 aliphatic carbocycles. The van der Waals surface area contributed by atoms with E-state index in [0.29, 0.717) is 0 Å². The van der Waals surface area contributed by atoms with Crippen molar-refractivity contribution in [1.29, 1.82) is 0 Å². The first-order chi connectivity index (χ1) is 13.2. The number of hydrogen-bond donors (Lipinski definition) is 1. The van der Waals surface area contributed by atoms with Gasteiger partial charge in [0.25, 0.3) is 0 Å². The van der Waals surface area contributed by atoms with Gasteiger partial charge in [0.2, 0.25) is 0 Å². The minimum atomic E-state index is 0.00122. The van der Waals surface area contributed by atoms with Gasteiger partial charge < -0.3 is 15.1 Å². The van der Waals surface area contributed by atoms with Crippen LogP contribution in [-0.4, -0.2) is 24.7 Å². The summed E-state index contributed by atoms with van der Waals surface area (Å²) in [6.45, 7) is 0.909. The number of thiocarbonyl (C=S) groups is 1. The molecule has 0 spiro atoms. The molecule has 0 bridgehead atoms. The lowest BCUT2D eigenvalue weighted by molar-refractivity contribution is 0.734. The van der Waals surface area contributed by atoms with Crippen LogP contribution in [0.25, 0.3) is 0 Å². The lowest BCUT2D eigenvalue weighted by Crippen LogP contribution is -2.49. The van der Waals surface area contributed by atoms with E-state index in [0.717, 1.165) is 23.6 Å². The second-order valence-electron chi connectivity index (χ2n) is 6.76. The molecule has 0 amide bonds. The van der Waals surface area contributed by atoms with Gasteiger partial charge in [0, 0.05) is 19.3 Å². The summed E-state index contributed by atoms with van der Waals surface area (Å²) in [5, 5.41) is 3.43. The first kappa shape index (κ1) is 17.6. The number of rotatable bonds is 5. The number of nitrogens with zero attached hydrogens (tertiary/aromatic N) is 2. The van der Waals surface area contributed by atoms with Crippen LogP contribution in [0.15, 0.2) is 84.9 Å². The molecule has 4 heteroatoms. The molecule has 1 N–H and O–H groups in total. The van der Waals surface area contributed by atoms with Crippen molar-refractivity contribution in [2.75, 3.05) is 28.7 Å². The Bertz CT molecular complexity index is 911. The van der Waals surface area contributed by atoms with Crippen molar-refractivity contribution >= 4 is 34.3 Å². The van der Waals surface area contributed by atoms with Crippen molar-refractivity contribution in [2.24, 2.45) is 0 Å². The minimum Gasteiger partial charge on any atom is -0.347 e. The van der Waals surface area contributed by atoms with Gasteiger partial charge in [-0.1, -0.05) is 72.9 Å². The number of nitrogens with one attached hydrogen (secondary N) is 1. The molecule has 0 fully saturated rings. The van der Waals surface area contributed by atoms with Crippen molar-refractivity contribution < 1.29 is 0 Å². The summed E-state index contributed by atoms with van der Waals surface area (Å²) >= 11 is 5.83. The SMILES string of the molecule is CN1c2ccccc2N(CCc2ccccc2)C1C(=S)Nc1ccccc1. The Morgan fingerprint density at radius 1 is 0.852 bits per heavy atom. The van der Waals surface area contributed by atoms with E-state index in [1.165, 1.54) is 16.9 Å². The van der Waals surface area contributed by atoms with Gasteiger partial charge in [-0.2, -0.15) is 0 Å². The monoisotopic (exact) mass is 373 g/mol. The van der Waals surface area contributed by atoms with Gasteiger partial charge in [-0.05, 0) is 36.2 Å². The van der Waals surface area contributed by atoms with Crippen LogP contribution in [0, 0.1) is 0 Å². The van der Waals surface area contributed by atoms with E-state index in [2.05, 4.69) is 76.8 Å². The van der Waals surface area contributed by atoms with Crippen LogP contribution in [0.2, 0.25) is 0 Å². The molecular weight excluding hydrogens is 350 g/mol. The summed E-state index contributed by atoms with van der Waals surface area (Å²) in [7, 11) is 2.12. The van der Waals surface area contributed by atoms with Crippen molar-refractivity contribution in [2.45, 2.75) is 12.6 Å². The van der Waals surface area contributed by atoms with E-state index in [9.17, 15) is 0 Å². The molecule has 1 aliphatic rings. The fraction of sp³-hybridized carbons (Fsp3) is 0.174. The number of para-hydroxylation sites is 3. The highest BCUT2D eigenvalue weighted by Crippen LogP contribution is 2.39. The first-order valence-corrected chi connectivity index (χ1v) is 9.63. The Hall–Kier alpha value is -2.85. The van der Waals surface area contributed by atoms with E-state index in [-0.39, 0.29) is 6.17 Å². The van der Waals surface area contributed by atoms with Crippen molar-refractivity contribution in [1.82, 2.24) is 0 Å². The van der Waals surface area contributed by atoms with Crippen molar-refractivity contribution in [3.63, 3.8) is 0 Å². The molecule has 3 aromatic carbocycles. The van der Waals surface area contributed by atoms with Gasteiger partial charge in [-0.25, -0.2) is 0 Å². The topological polar surface area (TPSA) is 18.5 Å². The number of anilines is 3. The zero-order chi connectivity index (χ0) is 18.6. The average Bonchev–Trinajstić information content (AvgIpc) is 3.00. The largest absolute Gasteiger partial charge is 0.347 e. The van der Waals surface area contributed by atoms with Gasteiger partial charge >= 0.3 is 0 Å². The van der Waals surface area contributed by atoms with Gasteiger partial charge in [0.15, 0.2) is 6.17 Å². The van der Waals surface area contributed by atoms with Crippen molar-refractivity contribution in [3.8, 4) is 0 Å². The third-order valence-corrected chi connectivity index (χ3v) is 5.31. The van der Waals surface area contributed by atoms with E-state index in [1.807, 2.05) is 30.3 Å². The summed E-state index contributed by atoms with van der Waals surface area (Å²) in [6.07, 6.45) is 0.981. The van der Waals surface area contributed by atoms with Crippen molar-refractivity contribution in [3.05, 3.63) is 90.5 Å². The van der Waals surface area contributed by atoms with Crippen LogP contribution in [-0.2, 0) is 6.42 Å². The Balaban J connectivity index is 1.59. The molecule has 0 radical (unpaired) electrons. The maximum atomic E-state index is 5.83. The van der Waals surface area contributed by atoms with Crippen LogP contribution in [0.4, 0.5) is 17.1 Å². The standard InChI is InChI=1S/C23H23N3S/c1-25-20-14-8-9-15-21(20)26(17-16-18-10-4-2-5-11-18)23(25)22(27)24-19-12-6-3-7-13-19/h2-15,23H,16-17H2,1H3,(H,24,27). The van der Waals surface area contributed by atoms with Gasteiger partial charge in [-0.15, -0.1) is 0 Å². The van der Waals surface area contributed by atoms with E-state index >= 15 is 0 Å². The fourth-order valence-electron chi connectivity index (χ4n) is 3.66. The lowest BCUT2D eigenvalue weighted by atomic mass is 10.1. The third kappa shape index (κ3) is 3.67. The average molecular weight is 374 g/mol. The maximum Gasteiger partial charge on any atom is 0.154 e. The van der Waals surface area contributed by atoms with Gasteiger partial charge in [-0.3, -0.25) is 0 Å². The molecule has 1 heterocycles. The number of likely N-dealkylation sites (N-methyl/N-ethyl adjacent to an activating group) is 1. The highest BCUT2D eigenvalue weighted by Gasteiger charge is 2.35. The third-order valence-electron chi connectivity index (χ3n) is 4.99. The summed E-state index contributed by atoms with van der Waals surface area (Å²) in [5.41, 5.74) is 4.81. The molecule has 0 saturated carbocycles. The molecule has 1 unspecified atom stereocenters. The maximum absolute atomic E-state index is 5.83.